The third-order valence-corrected chi connectivity index (χ3v) is 3.83. The van der Waals surface area contributed by atoms with E-state index in [1.54, 1.807) is 0 Å². The molecule has 0 saturated carbocycles. The van der Waals surface area contributed by atoms with Crippen LogP contribution in [0.1, 0.15) is 45.2 Å². The van der Waals surface area contributed by atoms with Crippen molar-refractivity contribution in [1.29, 1.82) is 0 Å². The second kappa shape index (κ2) is 7.29. The molecule has 19 heavy (non-hydrogen) atoms. The maximum atomic E-state index is 12.4. The van der Waals surface area contributed by atoms with E-state index in [2.05, 4.69) is 13.8 Å². The Labute approximate surface area is 116 Å². The van der Waals surface area contributed by atoms with Gasteiger partial charge in [-0.3, -0.25) is 4.79 Å². The molecule has 0 saturated heterocycles. The van der Waals surface area contributed by atoms with Gasteiger partial charge in [-0.15, -0.1) is 0 Å². The molecule has 0 fully saturated rings. The highest BCUT2D eigenvalue weighted by Gasteiger charge is 2.26. The SMILES string of the molecule is CCCC(C)N(C)C(=O)C(C)C(N)c1ccccc1. The summed E-state index contributed by atoms with van der Waals surface area (Å²) in [5, 5.41) is 0. The van der Waals surface area contributed by atoms with E-state index in [1.807, 2.05) is 49.2 Å². The minimum Gasteiger partial charge on any atom is -0.343 e. The summed E-state index contributed by atoms with van der Waals surface area (Å²) in [6.07, 6.45) is 2.10. The first-order chi connectivity index (χ1) is 8.99. The average molecular weight is 262 g/mol. The van der Waals surface area contributed by atoms with Crippen LogP contribution in [0.5, 0.6) is 0 Å². The van der Waals surface area contributed by atoms with Gasteiger partial charge in [-0.05, 0) is 18.9 Å². The quantitative estimate of drug-likeness (QED) is 0.856. The van der Waals surface area contributed by atoms with Crippen LogP contribution in [0.4, 0.5) is 0 Å². The highest BCUT2D eigenvalue weighted by atomic mass is 16.2. The zero-order chi connectivity index (χ0) is 14.4. The molecule has 0 aliphatic carbocycles. The van der Waals surface area contributed by atoms with Gasteiger partial charge in [-0.2, -0.15) is 0 Å². The summed E-state index contributed by atoms with van der Waals surface area (Å²) in [6, 6.07) is 9.84. The summed E-state index contributed by atoms with van der Waals surface area (Å²) in [4.78, 5) is 14.3. The summed E-state index contributed by atoms with van der Waals surface area (Å²) in [5.41, 5.74) is 7.22. The van der Waals surface area contributed by atoms with Gasteiger partial charge in [0.05, 0.1) is 5.92 Å². The molecule has 1 amide bonds. The zero-order valence-corrected chi connectivity index (χ0v) is 12.5. The van der Waals surface area contributed by atoms with Crippen LogP contribution in [-0.4, -0.2) is 23.9 Å². The standard InChI is InChI=1S/C16H26N2O/c1-5-9-12(2)18(4)16(19)13(3)15(17)14-10-7-6-8-11-14/h6-8,10-13,15H,5,9,17H2,1-4H3. The van der Waals surface area contributed by atoms with Crippen molar-refractivity contribution in [2.24, 2.45) is 11.7 Å². The predicted molar refractivity (Wildman–Crippen MR) is 79.7 cm³/mol. The van der Waals surface area contributed by atoms with Gasteiger partial charge in [-0.1, -0.05) is 50.6 Å². The molecule has 3 unspecified atom stereocenters. The molecule has 0 radical (unpaired) electrons. The van der Waals surface area contributed by atoms with Gasteiger partial charge >= 0.3 is 0 Å². The van der Waals surface area contributed by atoms with Crippen LogP contribution in [0.3, 0.4) is 0 Å². The molecule has 3 nitrogen and oxygen atoms in total. The van der Waals surface area contributed by atoms with Crippen LogP contribution in [0.15, 0.2) is 30.3 Å². The number of nitrogens with two attached hydrogens (primary N) is 1. The molecule has 0 bridgehead atoms. The summed E-state index contributed by atoms with van der Waals surface area (Å²) in [7, 11) is 1.87. The number of hydrogen-bond acceptors (Lipinski definition) is 2. The molecule has 1 rings (SSSR count). The van der Waals surface area contributed by atoms with E-state index >= 15 is 0 Å². The van der Waals surface area contributed by atoms with Gasteiger partial charge < -0.3 is 10.6 Å². The number of benzene rings is 1. The number of carbonyl (C=O) groups is 1. The summed E-state index contributed by atoms with van der Waals surface area (Å²) < 4.78 is 0. The molecule has 1 aromatic rings. The minimum atomic E-state index is -0.245. The Morgan fingerprint density at radius 3 is 2.37 bits per heavy atom. The highest BCUT2D eigenvalue weighted by molar-refractivity contribution is 5.79. The molecular formula is C16H26N2O. The van der Waals surface area contributed by atoms with E-state index in [0.29, 0.717) is 0 Å². The summed E-state index contributed by atoms with van der Waals surface area (Å²) >= 11 is 0. The predicted octanol–water partition coefficient (Wildman–Crippen LogP) is 2.97. The van der Waals surface area contributed by atoms with E-state index in [4.69, 9.17) is 5.73 Å². The summed E-state index contributed by atoms with van der Waals surface area (Å²) in [5.74, 6) is -0.0796. The van der Waals surface area contributed by atoms with Gasteiger partial charge in [0.15, 0.2) is 0 Å². The first-order valence-corrected chi connectivity index (χ1v) is 7.06. The normalized spacial score (nSPS) is 15.6. The van der Waals surface area contributed by atoms with Gasteiger partial charge in [0, 0.05) is 19.1 Å². The first kappa shape index (κ1) is 15.7. The second-order valence-electron chi connectivity index (χ2n) is 5.31. The molecule has 2 N–H and O–H groups in total. The minimum absolute atomic E-state index is 0.123. The third-order valence-electron chi connectivity index (χ3n) is 3.83. The van der Waals surface area contributed by atoms with Crippen LogP contribution in [-0.2, 0) is 4.79 Å². The molecule has 0 spiro atoms. The molecule has 0 aliphatic heterocycles. The van der Waals surface area contributed by atoms with E-state index in [-0.39, 0.29) is 23.9 Å². The monoisotopic (exact) mass is 262 g/mol. The second-order valence-corrected chi connectivity index (χ2v) is 5.31. The van der Waals surface area contributed by atoms with E-state index in [0.717, 1.165) is 18.4 Å². The summed E-state index contributed by atoms with van der Waals surface area (Å²) in [6.45, 7) is 6.13. The van der Waals surface area contributed by atoms with Crippen molar-refractivity contribution in [1.82, 2.24) is 4.90 Å². The fourth-order valence-corrected chi connectivity index (χ4v) is 2.27. The van der Waals surface area contributed by atoms with Gasteiger partial charge in [0.25, 0.3) is 0 Å². The maximum Gasteiger partial charge on any atom is 0.227 e. The average Bonchev–Trinajstić information content (AvgIpc) is 2.45. The van der Waals surface area contributed by atoms with Crippen molar-refractivity contribution >= 4 is 5.91 Å². The van der Waals surface area contributed by atoms with Crippen LogP contribution in [0, 0.1) is 5.92 Å². The molecular weight excluding hydrogens is 236 g/mol. The van der Waals surface area contributed by atoms with Crippen molar-refractivity contribution in [2.75, 3.05) is 7.05 Å². The number of rotatable bonds is 6. The van der Waals surface area contributed by atoms with Crippen molar-refractivity contribution in [3.63, 3.8) is 0 Å². The number of carbonyl (C=O) groups excluding carboxylic acids is 1. The van der Waals surface area contributed by atoms with Gasteiger partial charge in [0.1, 0.15) is 0 Å². The zero-order valence-electron chi connectivity index (χ0n) is 12.5. The molecule has 0 heterocycles. The maximum absolute atomic E-state index is 12.4. The highest BCUT2D eigenvalue weighted by Crippen LogP contribution is 2.21. The smallest absolute Gasteiger partial charge is 0.227 e. The largest absolute Gasteiger partial charge is 0.343 e. The molecule has 0 aromatic heterocycles. The van der Waals surface area contributed by atoms with Crippen LogP contribution in [0.25, 0.3) is 0 Å². The fourth-order valence-electron chi connectivity index (χ4n) is 2.27. The molecule has 3 heteroatoms. The number of hydrogen-bond donors (Lipinski definition) is 1. The lowest BCUT2D eigenvalue weighted by molar-refractivity contribution is -0.136. The Morgan fingerprint density at radius 1 is 1.26 bits per heavy atom. The van der Waals surface area contributed by atoms with Crippen molar-refractivity contribution in [3.8, 4) is 0 Å². The van der Waals surface area contributed by atoms with Crippen LogP contribution < -0.4 is 5.73 Å². The molecule has 0 aliphatic rings. The fraction of sp³-hybridized carbons (Fsp3) is 0.562. The van der Waals surface area contributed by atoms with Crippen molar-refractivity contribution in [3.05, 3.63) is 35.9 Å². The van der Waals surface area contributed by atoms with Gasteiger partial charge in [0.2, 0.25) is 5.91 Å². The first-order valence-electron chi connectivity index (χ1n) is 7.06. The van der Waals surface area contributed by atoms with E-state index in [9.17, 15) is 4.79 Å². The molecule has 3 atom stereocenters. The van der Waals surface area contributed by atoms with Crippen molar-refractivity contribution in [2.45, 2.75) is 45.7 Å². The van der Waals surface area contributed by atoms with Gasteiger partial charge in [-0.25, -0.2) is 0 Å². The van der Waals surface area contributed by atoms with Crippen LogP contribution in [0.2, 0.25) is 0 Å². The Balaban J connectivity index is 2.71. The third kappa shape index (κ3) is 4.06. The van der Waals surface area contributed by atoms with E-state index in [1.165, 1.54) is 0 Å². The number of nitrogens with zero attached hydrogens (tertiary/aromatic N) is 1. The van der Waals surface area contributed by atoms with Crippen molar-refractivity contribution < 1.29 is 4.79 Å². The Morgan fingerprint density at radius 2 is 1.84 bits per heavy atom. The molecule has 1 aromatic carbocycles. The number of amides is 1. The van der Waals surface area contributed by atoms with E-state index < -0.39 is 0 Å². The van der Waals surface area contributed by atoms with Crippen LogP contribution >= 0.6 is 0 Å². The lowest BCUT2D eigenvalue weighted by Crippen LogP contribution is -2.41. The Kier molecular flexibility index (Phi) is 6.03. The lowest BCUT2D eigenvalue weighted by atomic mass is 9.93. The lowest BCUT2D eigenvalue weighted by Gasteiger charge is -2.30. The molecule has 106 valence electrons. The Bertz CT molecular complexity index is 391. The Hall–Kier alpha value is -1.35. The topological polar surface area (TPSA) is 46.3 Å².